The Morgan fingerprint density at radius 1 is 1.21 bits per heavy atom. The molecule has 1 saturated carbocycles. The molecule has 1 heterocycles. The Morgan fingerprint density at radius 3 is 2.54 bits per heavy atom. The molecule has 1 aromatic carbocycles. The number of nitrogens with one attached hydrogen (secondary N) is 1. The number of amides is 1. The smallest absolute Gasteiger partial charge is 0.277 e. The zero-order valence-corrected chi connectivity index (χ0v) is 15.2. The van der Waals surface area contributed by atoms with Crippen molar-refractivity contribution in [1.29, 1.82) is 0 Å². The molecule has 1 aromatic heterocycles. The highest BCUT2D eigenvalue weighted by Crippen LogP contribution is 2.27. The van der Waals surface area contributed by atoms with E-state index < -0.39 is 0 Å². The van der Waals surface area contributed by atoms with E-state index in [0.717, 1.165) is 29.5 Å². The van der Waals surface area contributed by atoms with Crippen molar-refractivity contribution in [2.45, 2.75) is 63.0 Å². The summed E-state index contributed by atoms with van der Waals surface area (Å²) in [5.74, 6) is 0.533. The van der Waals surface area contributed by atoms with E-state index in [4.69, 9.17) is 4.42 Å². The second-order valence-corrected chi connectivity index (χ2v) is 7.79. The maximum Gasteiger partial charge on any atom is 0.277 e. The van der Waals surface area contributed by atoms with Crippen LogP contribution in [-0.4, -0.2) is 27.4 Å². The molecule has 0 unspecified atom stereocenters. The number of rotatable bonds is 5. The molecular weight excluding hydrogens is 322 g/mol. The van der Waals surface area contributed by atoms with Crippen molar-refractivity contribution < 1.29 is 9.21 Å². The molecule has 1 aliphatic carbocycles. The van der Waals surface area contributed by atoms with Gasteiger partial charge in [0.25, 0.3) is 5.22 Å². The molecule has 0 radical (unpaired) electrons. The van der Waals surface area contributed by atoms with Crippen LogP contribution in [0.4, 0.5) is 0 Å². The van der Waals surface area contributed by atoms with Crippen molar-refractivity contribution in [2.75, 3.05) is 0 Å². The van der Waals surface area contributed by atoms with Gasteiger partial charge in [-0.05, 0) is 45.7 Å². The van der Waals surface area contributed by atoms with Crippen LogP contribution in [0.2, 0.25) is 0 Å². The number of hydrogen-bond donors (Lipinski definition) is 1. The summed E-state index contributed by atoms with van der Waals surface area (Å²) in [5, 5.41) is 11.5. The summed E-state index contributed by atoms with van der Waals surface area (Å²) in [4.78, 5) is 12.2. The van der Waals surface area contributed by atoms with Gasteiger partial charge in [-0.1, -0.05) is 41.8 Å². The largest absolute Gasteiger partial charge is 0.411 e. The fraction of sp³-hybridized carbons (Fsp3) is 0.500. The first-order valence-corrected chi connectivity index (χ1v) is 9.28. The minimum absolute atomic E-state index is 0.0399. The average molecular weight is 345 g/mol. The summed E-state index contributed by atoms with van der Waals surface area (Å²) >= 11 is 1.31. The van der Waals surface area contributed by atoms with Gasteiger partial charge in [0.1, 0.15) is 0 Å². The Labute approximate surface area is 146 Å². The van der Waals surface area contributed by atoms with Crippen molar-refractivity contribution in [1.82, 2.24) is 15.5 Å². The SMILES string of the molecule is Cc1cc(C)cc(-c2nnc(S[C@H](C)C(=O)NC3CCCC3)o2)c1. The lowest BCUT2D eigenvalue weighted by Crippen LogP contribution is -2.37. The van der Waals surface area contributed by atoms with E-state index >= 15 is 0 Å². The monoisotopic (exact) mass is 345 g/mol. The van der Waals surface area contributed by atoms with Crippen LogP contribution in [0.1, 0.15) is 43.7 Å². The predicted molar refractivity (Wildman–Crippen MR) is 94.9 cm³/mol. The van der Waals surface area contributed by atoms with Crippen LogP contribution in [-0.2, 0) is 4.79 Å². The Bertz CT molecular complexity index is 703. The third-order valence-corrected chi connectivity index (χ3v) is 5.16. The van der Waals surface area contributed by atoms with E-state index in [1.54, 1.807) is 0 Å². The van der Waals surface area contributed by atoms with E-state index in [9.17, 15) is 4.79 Å². The van der Waals surface area contributed by atoms with Gasteiger partial charge in [0.15, 0.2) is 0 Å². The maximum absolute atomic E-state index is 12.2. The number of aryl methyl sites for hydroxylation is 2. The molecule has 2 aromatic rings. The Balaban J connectivity index is 1.63. The molecule has 6 heteroatoms. The molecule has 3 rings (SSSR count). The van der Waals surface area contributed by atoms with Gasteiger partial charge in [-0.25, -0.2) is 0 Å². The first kappa shape index (κ1) is 17.0. The first-order chi connectivity index (χ1) is 11.5. The quantitative estimate of drug-likeness (QED) is 0.833. The Hall–Kier alpha value is -1.82. The van der Waals surface area contributed by atoms with Gasteiger partial charge in [0, 0.05) is 11.6 Å². The average Bonchev–Trinajstić information content (AvgIpc) is 3.18. The molecule has 0 aliphatic heterocycles. The fourth-order valence-corrected chi connectivity index (χ4v) is 3.76. The number of aromatic nitrogens is 2. The lowest BCUT2D eigenvalue weighted by molar-refractivity contribution is -0.120. The number of hydrogen-bond acceptors (Lipinski definition) is 5. The number of carbonyl (C=O) groups is 1. The summed E-state index contributed by atoms with van der Waals surface area (Å²) in [7, 11) is 0. The summed E-state index contributed by atoms with van der Waals surface area (Å²) < 4.78 is 5.73. The summed E-state index contributed by atoms with van der Waals surface area (Å²) in [6, 6.07) is 6.47. The predicted octanol–water partition coefficient (Wildman–Crippen LogP) is 3.89. The van der Waals surface area contributed by atoms with Crippen LogP contribution in [0.15, 0.2) is 27.8 Å². The van der Waals surface area contributed by atoms with Crippen molar-refractivity contribution in [2.24, 2.45) is 0 Å². The van der Waals surface area contributed by atoms with Gasteiger partial charge >= 0.3 is 0 Å². The van der Waals surface area contributed by atoms with Crippen LogP contribution in [0.3, 0.4) is 0 Å². The molecule has 1 N–H and O–H groups in total. The fourth-order valence-electron chi connectivity index (χ4n) is 3.07. The highest BCUT2D eigenvalue weighted by Gasteiger charge is 2.23. The molecule has 5 nitrogen and oxygen atoms in total. The zero-order valence-electron chi connectivity index (χ0n) is 14.3. The van der Waals surface area contributed by atoms with Gasteiger partial charge in [0.05, 0.1) is 5.25 Å². The second kappa shape index (κ2) is 7.38. The van der Waals surface area contributed by atoms with Gasteiger partial charge in [-0.2, -0.15) is 0 Å². The van der Waals surface area contributed by atoms with E-state index in [-0.39, 0.29) is 11.2 Å². The molecular formula is C18H23N3O2S. The highest BCUT2D eigenvalue weighted by molar-refractivity contribution is 8.00. The van der Waals surface area contributed by atoms with E-state index in [1.807, 2.05) is 32.9 Å². The molecule has 1 atom stereocenters. The number of carbonyl (C=O) groups excluding carboxylic acids is 1. The van der Waals surface area contributed by atoms with E-state index in [2.05, 4.69) is 21.6 Å². The van der Waals surface area contributed by atoms with Crippen LogP contribution in [0, 0.1) is 13.8 Å². The molecule has 0 bridgehead atoms. The maximum atomic E-state index is 12.2. The van der Waals surface area contributed by atoms with Crippen molar-refractivity contribution in [3.63, 3.8) is 0 Å². The number of thioether (sulfide) groups is 1. The molecule has 24 heavy (non-hydrogen) atoms. The molecule has 1 aliphatic rings. The molecule has 0 spiro atoms. The lowest BCUT2D eigenvalue weighted by Gasteiger charge is -2.14. The molecule has 128 valence electrons. The molecule has 1 fully saturated rings. The third kappa shape index (κ3) is 4.17. The van der Waals surface area contributed by atoms with Crippen molar-refractivity contribution in [3.05, 3.63) is 29.3 Å². The van der Waals surface area contributed by atoms with Gasteiger partial charge < -0.3 is 9.73 Å². The summed E-state index contributed by atoms with van der Waals surface area (Å²) in [6.07, 6.45) is 4.58. The number of nitrogens with zero attached hydrogens (tertiary/aromatic N) is 2. The van der Waals surface area contributed by atoms with Crippen LogP contribution >= 0.6 is 11.8 Å². The standard InChI is InChI=1S/C18H23N3O2S/c1-11-8-12(2)10-14(9-11)17-20-21-18(23-17)24-13(3)16(22)19-15-6-4-5-7-15/h8-10,13,15H,4-7H2,1-3H3,(H,19,22)/t13-/m1/s1. The molecule has 0 saturated heterocycles. The van der Waals surface area contributed by atoms with E-state index in [0.29, 0.717) is 17.2 Å². The van der Waals surface area contributed by atoms with Gasteiger partial charge in [-0.15, -0.1) is 10.2 Å². The third-order valence-electron chi connectivity index (χ3n) is 4.22. The minimum atomic E-state index is -0.252. The summed E-state index contributed by atoms with van der Waals surface area (Å²) in [5.41, 5.74) is 3.22. The van der Waals surface area contributed by atoms with Crippen LogP contribution in [0.25, 0.3) is 11.5 Å². The van der Waals surface area contributed by atoms with Crippen molar-refractivity contribution >= 4 is 17.7 Å². The topological polar surface area (TPSA) is 68.0 Å². The lowest BCUT2D eigenvalue weighted by atomic mass is 10.1. The van der Waals surface area contributed by atoms with Gasteiger partial charge in [0.2, 0.25) is 11.8 Å². The highest BCUT2D eigenvalue weighted by atomic mass is 32.2. The summed E-state index contributed by atoms with van der Waals surface area (Å²) in [6.45, 7) is 5.95. The van der Waals surface area contributed by atoms with Crippen LogP contribution in [0.5, 0.6) is 0 Å². The Kier molecular flexibility index (Phi) is 5.23. The molecule has 1 amide bonds. The van der Waals surface area contributed by atoms with Gasteiger partial charge in [-0.3, -0.25) is 4.79 Å². The van der Waals surface area contributed by atoms with E-state index in [1.165, 1.54) is 24.6 Å². The Morgan fingerprint density at radius 2 is 1.88 bits per heavy atom. The normalized spacial score (nSPS) is 16.3. The second-order valence-electron chi connectivity index (χ2n) is 6.50. The van der Waals surface area contributed by atoms with Crippen LogP contribution < -0.4 is 5.32 Å². The van der Waals surface area contributed by atoms with Crippen molar-refractivity contribution in [3.8, 4) is 11.5 Å². The number of benzene rings is 1. The minimum Gasteiger partial charge on any atom is -0.411 e. The zero-order chi connectivity index (χ0) is 17.1. The first-order valence-electron chi connectivity index (χ1n) is 8.40.